The molecule has 2 nitrogen and oxygen atoms in total. The number of nitrogens with zero attached hydrogens (tertiary/aromatic N) is 1. The Morgan fingerprint density at radius 2 is 1.91 bits per heavy atom. The fourth-order valence-corrected chi connectivity index (χ4v) is 3.46. The van der Waals surface area contributed by atoms with Crippen molar-refractivity contribution >= 4 is 17.5 Å². The lowest BCUT2D eigenvalue weighted by atomic mass is 10.1. The number of amides is 1. The number of halogens is 1. The van der Waals surface area contributed by atoms with Crippen LogP contribution in [0.15, 0.2) is 48.5 Å². The van der Waals surface area contributed by atoms with E-state index in [1.807, 2.05) is 36.2 Å². The third-order valence-corrected chi connectivity index (χ3v) is 4.90. The summed E-state index contributed by atoms with van der Waals surface area (Å²) in [5.74, 6) is 0.182. The number of rotatable bonds is 4. The number of hydrogen-bond donors (Lipinski definition) is 0. The second-order valence-corrected chi connectivity index (χ2v) is 6.26. The van der Waals surface area contributed by atoms with Crippen molar-refractivity contribution in [3.8, 4) is 0 Å². The van der Waals surface area contributed by atoms with E-state index in [4.69, 9.17) is 11.6 Å². The quantitative estimate of drug-likeness (QED) is 0.818. The second kappa shape index (κ2) is 6.53. The Hall–Kier alpha value is -1.80. The summed E-state index contributed by atoms with van der Waals surface area (Å²) in [5, 5.41) is 0.740. The number of carbonyl (C=O) groups excluding carboxylic acids is 1. The summed E-state index contributed by atoms with van der Waals surface area (Å²) in [4.78, 5) is 14.4. The summed E-state index contributed by atoms with van der Waals surface area (Å²) in [7, 11) is 1.92. The van der Waals surface area contributed by atoms with Crippen LogP contribution >= 0.6 is 11.6 Å². The Balaban J connectivity index is 1.65. The second-order valence-electron chi connectivity index (χ2n) is 5.85. The first-order valence-corrected chi connectivity index (χ1v) is 8.11. The van der Waals surface area contributed by atoms with E-state index in [1.54, 1.807) is 0 Å². The molecule has 114 valence electrons. The lowest BCUT2D eigenvalue weighted by molar-refractivity contribution is -0.132. The van der Waals surface area contributed by atoms with Crippen molar-refractivity contribution in [2.75, 3.05) is 7.05 Å². The third kappa shape index (κ3) is 3.02. The van der Waals surface area contributed by atoms with Crippen LogP contribution in [-0.4, -0.2) is 17.9 Å². The monoisotopic (exact) mass is 313 g/mol. The van der Waals surface area contributed by atoms with Gasteiger partial charge in [0.05, 0.1) is 6.04 Å². The summed E-state index contributed by atoms with van der Waals surface area (Å²) in [6.45, 7) is 0. The summed E-state index contributed by atoms with van der Waals surface area (Å²) >= 11 is 6.16. The molecule has 1 amide bonds. The molecule has 0 spiro atoms. The minimum absolute atomic E-state index is 0.182. The van der Waals surface area contributed by atoms with Gasteiger partial charge in [0.25, 0.3) is 0 Å². The first-order chi connectivity index (χ1) is 10.7. The average Bonchev–Trinajstić information content (AvgIpc) is 2.97. The van der Waals surface area contributed by atoms with E-state index < -0.39 is 0 Å². The zero-order valence-corrected chi connectivity index (χ0v) is 13.5. The molecule has 1 atom stereocenters. The van der Waals surface area contributed by atoms with Crippen molar-refractivity contribution in [2.24, 2.45) is 0 Å². The molecule has 0 saturated heterocycles. The molecular formula is C19H20ClNO. The van der Waals surface area contributed by atoms with Crippen molar-refractivity contribution in [1.82, 2.24) is 4.90 Å². The fourth-order valence-electron chi connectivity index (χ4n) is 3.23. The van der Waals surface area contributed by atoms with Gasteiger partial charge in [-0.25, -0.2) is 0 Å². The van der Waals surface area contributed by atoms with Crippen molar-refractivity contribution in [3.05, 3.63) is 70.2 Å². The molecular weight excluding hydrogens is 294 g/mol. The minimum atomic E-state index is 0.182. The van der Waals surface area contributed by atoms with Crippen molar-refractivity contribution in [2.45, 2.75) is 31.7 Å². The van der Waals surface area contributed by atoms with Crippen molar-refractivity contribution in [1.29, 1.82) is 0 Å². The van der Waals surface area contributed by atoms with Crippen LogP contribution in [0.5, 0.6) is 0 Å². The van der Waals surface area contributed by atoms with Gasteiger partial charge < -0.3 is 4.90 Å². The molecule has 0 bridgehead atoms. The summed E-state index contributed by atoms with van der Waals surface area (Å²) in [6.07, 6.45) is 3.27. The van der Waals surface area contributed by atoms with Gasteiger partial charge in [-0.05, 0) is 42.0 Å². The van der Waals surface area contributed by atoms with Gasteiger partial charge in [0, 0.05) is 18.5 Å². The SMILES string of the molecule is CN(C(=O)CCc1ccccc1Cl)C1CCc2ccccc21. The first kappa shape index (κ1) is 15.1. The molecule has 0 fully saturated rings. The molecule has 0 saturated carbocycles. The maximum Gasteiger partial charge on any atom is 0.223 e. The van der Waals surface area contributed by atoms with Crippen LogP contribution < -0.4 is 0 Å². The topological polar surface area (TPSA) is 20.3 Å². The molecule has 2 aromatic carbocycles. The van der Waals surface area contributed by atoms with E-state index >= 15 is 0 Å². The molecule has 0 radical (unpaired) electrons. The molecule has 0 aromatic heterocycles. The van der Waals surface area contributed by atoms with E-state index in [-0.39, 0.29) is 11.9 Å². The summed E-state index contributed by atoms with van der Waals surface area (Å²) in [5.41, 5.74) is 3.71. The summed E-state index contributed by atoms with van der Waals surface area (Å²) in [6, 6.07) is 16.4. The molecule has 3 heteroatoms. The lowest BCUT2D eigenvalue weighted by Crippen LogP contribution is -2.30. The molecule has 1 aliphatic carbocycles. The van der Waals surface area contributed by atoms with Gasteiger partial charge in [0.2, 0.25) is 5.91 Å². The van der Waals surface area contributed by atoms with E-state index in [1.165, 1.54) is 11.1 Å². The lowest BCUT2D eigenvalue weighted by Gasteiger charge is -2.25. The maximum atomic E-state index is 12.5. The Bertz CT molecular complexity index is 683. The summed E-state index contributed by atoms with van der Waals surface area (Å²) < 4.78 is 0. The normalized spacial score (nSPS) is 16.4. The Kier molecular flexibility index (Phi) is 4.49. The highest BCUT2D eigenvalue weighted by atomic mass is 35.5. The zero-order chi connectivity index (χ0) is 15.5. The van der Waals surface area contributed by atoms with E-state index in [0.717, 1.165) is 23.4 Å². The molecule has 22 heavy (non-hydrogen) atoms. The van der Waals surface area contributed by atoms with Crippen LogP contribution in [0.2, 0.25) is 5.02 Å². The van der Waals surface area contributed by atoms with E-state index in [2.05, 4.69) is 24.3 Å². The van der Waals surface area contributed by atoms with Crippen LogP contribution in [0.25, 0.3) is 0 Å². The first-order valence-electron chi connectivity index (χ1n) is 7.73. The molecule has 0 heterocycles. The fraction of sp³-hybridized carbons (Fsp3) is 0.316. The van der Waals surface area contributed by atoms with Crippen LogP contribution in [0.4, 0.5) is 0 Å². The van der Waals surface area contributed by atoms with Crippen molar-refractivity contribution < 1.29 is 4.79 Å². The highest BCUT2D eigenvalue weighted by Crippen LogP contribution is 2.35. The standard InChI is InChI=1S/C19H20ClNO/c1-21(18-12-10-14-6-2-4-8-16(14)18)19(22)13-11-15-7-3-5-9-17(15)20/h2-9,18H,10-13H2,1H3. The van der Waals surface area contributed by atoms with Crippen LogP contribution in [0.1, 0.15) is 35.6 Å². The smallest absolute Gasteiger partial charge is 0.223 e. The largest absolute Gasteiger partial charge is 0.339 e. The Morgan fingerprint density at radius 3 is 2.73 bits per heavy atom. The number of benzene rings is 2. The van der Waals surface area contributed by atoms with Gasteiger partial charge in [-0.3, -0.25) is 4.79 Å². The van der Waals surface area contributed by atoms with Gasteiger partial charge in [0.15, 0.2) is 0 Å². The molecule has 0 N–H and O–H groups in total. The van der Waals surface area contributed by atoms with E-state index in [0.29, 0.717) is 12.8 Å². The number of aryl methyl sites for hydroxylation is 2. The van der Waals surface area contributed by atoms with Gasteiger partial charge in [-0.1, -0.05) is 54.1 Å². The number of carbonyl (C=O) groups is 1. The van der Waals surface area contributed by atoms with Crippen LogP contribution in [-0.2, 0) is 17.6 Å². The molecule has 1 unspecified atom stereocenters. The van der Waals surface area contributed by atoms with Crippen LogP contribution in [0.3, 0.4) is 0 Å². The van der Waals surface area contributed by atoms with Gasteiger partial charge in [-0.2, -0.15) is 0 Å². The Morgan fingerprint density at radius 1 is 1.18 bits per heavy atom. The maximum absolute atomic E-state index is 12.5. The number of hydrogen-bond acceptors (Lipinski definition) is 1. The molecule has 3 rings (SSSR count). The number of fused-ring (bicyclic) bond motifs is 1. The highest BCUT2D eigenvalue weighted by molar-refractivity contribution is 6.31. The molecule has 2 aromatic rings. The zero-order valence-electron chi connectivity index (χ0n) is 12.8. The van der Waals surface area contributed by atoms with Crippen molar-refractivity contribution in [3.63, 3.8) is 0 Å². The van der Waals surface area contributed by atoms with Gasteiger partial charge in [-0.15, -0.1) is 0 Å². The predicted molar refractivity (Wildman–Crippen MR) is 90.0 cm³/mol. The van der Waals surface area contributed by atoms with Gasteiger partial charge in [0.1, 0.15) is 0 Å². The third-order valence-electron chi connectivity index (χ3n) is 4.53. The van der Waals surface area contributed by atoms with Gasteiger partial charge >= 0.3 is 0 Å². The van der Waals surface area contributed by atoms with Crippen LogP contribution in [0, 0.1) is 0 Å². The van der Waals surface area contributed by atoms with E-state index in [9.17, 15) is 4.79 Å². The predicted octanol–water partition coefficient (Wildman–Crippen LogP) is 4.42. The minimum Gasteiger partial charge on any atom is -0.339 e. The highest BCUT2D eigenvalue weighted by Gasteiger charge is 2.27. The molecule has 1 aliphatic rings. The molecule has 0 aliphatic heterocycles. The Labute approximate surface area is 136 Å². The average molecular weight is 314 g/mol.